The molecule has 25 heavy (non-hydrogen) atoms. The molecule has 0 aliphatic heterocycles. The zero-order valence-electron chi connectivity index (χ0n) is 13.2. The van der Waals surface area contributed by atoms with E-state index in [0.717, 1.165) is 5.56 Å². The fraction of sp³-hybridized carbons (Fsp3) is 0.0625. The highest BCUT2D eigenvalue weighted by Gasteiger charge is 2.21. The zero-order valence-corrected chi connectivity index (χ0v) is 13.2. The Morgan fingerprint density at radius 1 is 1.16 bits per heavy atom. The summed E-state index contributed by atoms with van der Waals surface area (Å²) in [6, 6.07) is 11.0. The van der Waals surface area contributed by atoms with E-state index < -0.39 is 0 Å². The van der Waals surface area contributed by atoms with E-state index in [2.05, 4.69) is 25.4 Å². The first-order valence-electron chi connectivity index (χ1n) is 7.37. The van der Waals surface area contributed by atoms with E-state index in [9.17, 15) is 0 Å². The van der Waals surface area contributed by atoms with Gasteiger partial charge in [-0.3, -0.25) is 4.98 Å². The molecule has 9 nitrogen and oxygen atoms in total. The molecular formula is C16H13N7O2. The van der Waals surface area contributed by atoms with Crippen LogP contribution >= 0.6 is 0 Å². The highest BCUT2D eigenvalue weighted by molar-refractivity contribution is 5.67. The summed E-state index contributed by atoms with van der Waals surface area (Å²) in [5.41, 5.74) is 7.87. The number of para-hydroxylation sites is 2. The lowest BCUT2D eigenvalue weighted by Crippen LogP contribution is -2.04. The van der Waals surface area contributed by atoms with Crippen LogP contribution in [0.5, 0.6) is 5.75 Å². The highest BCUT2D eigenvalue weighted by atomic mass is 16.5. The molecule has 0 aliphatic rings. The molecule has 3 heterocycles. The third-order valence-corrected chi connectivity index (χ3v) is 3.57. The number of pyridine rings is 1. The molecule has 0 unspecified atom stereocenters. The summed E-state index contributed by atoms with van der Waals surface area (Å²) in [7, 11) is 1.57. The molecule has 0 bridgehead atoms. The lowest BCUT2D eigenvalue weighted by Gasteiger charge is -2.08. The molecule has 0 atom stereocenters. The maximum absolute atomic E-state index is 6.18. The Bertz CT molecular complexity index is 1010. The van der Waals surface area contributed by atoms with Gasteiger partial charge in [-0.1, -0.05) is 22.5 Å². The number of anilines is 1. The second-order valence-corrected chi connectivity index (χ2v) is 5.07. The number of ether oxygens (including phenoxy) is 1. The number of aromatic nitrogens is 6. The Balaban J connectivity index is 1.74. The number of rotatable bonds is 4. The second-order valence-electron chi connectivity index (χ2n) is 5.07. The van der Waals surface area contributed by atoms with Crippen LogP contribution in [0.25, 0.3) is 28.7 Å². The molecule has 4 rings (SSSR count). The molecule has 0 amide bonds. The number of nitrogens with two attached hydrogens (primary N) is 1. The maximum atomic E-state index is 6.18. The Labute approximate surface area is 142 Å². The number of hydrogen-bond acceptors (Lipinski definition) is 8. The number of nitrogens with zero attached hydrogens (tertiary/aromatic N) is 6. The van der Waals surface area contributed by atoms with Gasteiger partial charge in [0, 0.05) is 18.0 Å². The lowest BCUT2D eigenvalue weighted by atomic mass is 10.3. The monoisotopic (exact) mass is 335 g/mol. The second kappa shape index (κ2) is 6.04. The molecule has 9 heteroatoms. The van der Waals surface area contributed by atoms with Crippen molar-refractivity contribution in [3.8, 4) is 34.4 Å². The van der Waals surface area contributed by atoms with Crippen molar-refractivity contribution < 1.29 is 9.26 Å². The van der Waals surface area contributed by atoms with Gasteiger partial charge in [0.25, 0.3) is 5.89 Å². The molecule has 0 aliphatic carbocycles. The van der Waals surface area contributed by atoms with Crippen molar-refractivity contribution in [1.82, 2.24) is 30.1 Å². The third-order valence-electron chi connectivity index (χ3n) is 3.57. The quantitative estimate of drug-likeness (QED) is 0.601. The van der Waals surface area contributed by atoms with Crippen LogP contribution < -0.4 is 10.5 Å². The Kier molecular flexibility index (Phi) is 3.58. The van der Waals surface area contributed by atoms with Gasteiger partial charge in [0.2, 0.25) is 5.82 Å². The van der Waals surface area contributed by atoms with Crippen LogP contribution in [0.15, 0.2) is 53.3 Å². The van der Waals surface area contributed by atoms with Crippen molar-refractivity contribution in [1.29, 1.82) is 0 Å². The van der Waals surface area contributed by atoms with Gasteiger partial charge in [0.15, 0.2) is 11.5 Å². The van der Waals surface area contributed by atoms with E-state index in [-0.39, 0.29) is 11.7 Å². The molecule has 0 saturated heterocycles. The number of benzene rings is 1. The van der Waals surface area contributed by atoms with E-state index in [4.69, 9.17) is 15.0 Å². The summed E-state index contributed by atoms with van der Waals surface area (Å²) in [5.74, 6) is 1.46. The van der Waals surface area contributed by atoms with E-state index in [0.29, 0.717) is 23.0 Å². The molecule has 0 fully saturated rings. The summed E-state index contributed by atoms with van der Waals surface area (Å²) in [6.45, 7) is 0. The summed E-state index contributed by atoms with van der Waals surface area (Å²) in [5, 5.41) is 12.1. The van der Waals surface area contributed by atoms with Crippen molar-refractivity contribution in [2.45, 2.75) is 0 Å². The van der Waals surface area contributed by atoms with E-state index in [1.165, 1.54) is 4.68 Å². The van der Waals surface area contributed by atoms with Gasteiger partial charge >= 0.3 is 0 Å². The minimum Gasteiger partial charge on any atom is -0.494 e. The first-order chi connectivity index (χ1) is 12.3. The fourth-order valence-corrected chi connectivity index (χ4v) is 2.36. The minimum absolute atomic E-state index is 0.178. The molecule has 2 N–H and O–H groups in total. The Morgan fingerprint density at radius 3 is 2.84 bits per heavy atom. The average Bonchev–Trinajstić information content (AvgIpc) is 3.29. The molecule has 4 aromatic rings. The first kappa shape index (κ1) is 14.8. The predicted octanol–water partition coefficient (Wildman–Crippen LogP) is 1.97. The van der Waals surface area contributed by atoms with Crippen LogP contribution in [0.4, 0.5) is 5.82 Å². The molecule has 0 saturated carbocycles. The number of methoxy groups -OCH3 is 1. The molecule has 0 radical (unpaired) electrons. The molecule has 0 spiro atoms. The fourth-order valence-electron chi connectivity index (χ4n) is 2.36. The lowest BCUT2D eigenvalue weighted by molar-refractivity contribution is 0.411. The van der Waals surface area contributed by atoms with Gasteiger partial charge in [-0.15, -0.1) is 5.10 Å². The van der Waals surface area contributed by atoms with Crippen LogP contribution in [-0.2, 0) is 0 Å². The van der Waals surface area contributed by atoms with Crippen molar-refractivity contribution in [2.24, 2.45) is 0 Å². The van der Waals surface area contributed by atoms with Gasteiger partial charge in [0.1, 0.15) is 11.4 Å². The largest absolute Gasteiger partial charge is 0.494 e. The van der Waals surface area contributed by atoms with Crippen LogP contribution in [0, 0.1) is 0 Å². The van der Waals surface area contributed by atoms with Crippen molar-refractivity contribution in [3.63, 3.8) is 0 Å². The SMILES string of the molecule is COc1ccccc1-n1nnc(-c2nc(-c3cccnc3)no2)c1N. The minimum atomic E-state index is 0.178. The summed E-state index contributed by atoms with van der Waals surface area (Å²) in [4.78, 5) is 8.35. The van der Waals surface area contributed by atoms with Gasteiger partial charge in [-0.2, -0.15) is 9.67 Å². The molecule has 1 aromatic carbocycles. The number of nitrogen functional groups attached to an aromatic ring is 1. The van der Waals surface area contributed by atoms with Crippen molar-refractivity contribution >= 4 is 5.82 Å². The average molecular weight is 335 g/mol. The molecule has 124 valence electrons. The van der Waals surface area contributed by atoms with E-state index >= 15 is 0 Å². The van der Waals surface area contributed by atoms with Gasteiger partial charge in [0.05, 0.1) is 7.11 Å². The van der Waals surface area contributed by atoms with Crippen molar-refractivity contribution in [3.05, 3.63) is 48.8 Å². The van der Waals surface area contributed by atoms with Gasteiger partial charge in [-0.05, 0) is 24.3 Å². The van der Waals surface area contributed by atoms with E-state index in [1.54, 1.807) is 25.6 Å². The van der Waals surface area contributed by atoms with Crippen LogP contribution in [0.3, 0.4) is 0 Å². The number of hydrogen-bond donors (Lipinski definition) is 1. The summed E-state index contributed by atoms with van der Waals surface area (Å²) >= 11 is 0. The third kappa shape index (κ3) is 2.57. The van der Waals surface area contributed by atoms with Gasteiger partial charge < -0.3 is 15.0 Å². The van der Waals surface area contributed by atoms with Crippen LogP contribution in [0.1, 0.15) is 0 Å². The molecular weight excluding hydrogens is 322 g/mol. The summed E-state index contributed by atoms with van der Waals surface area (Å²) in [6.07, 6.45) is 3.31. The predicted molar refractivity (Wildman–Crippen MR) is 88.8 cm³/mol. The maximum Gasteiger partial charge on any atom is 0.282 e. The smallest absolute Gasteiger partial charge is 0.282 e. The topological polar surface area (TPSA) is 118 Å². The summed E-state index contributed by atoms with van der Waals surface area (Å²) < 4.78 is 12.1. The Morgan fingerprint density at radius 2 is 2.04 bits per heavy atom. The molecule has 3 aromatic heterocycles. The zero-order chi connectivity index (χ0) is 17.2. The van der Waals surface area contributed by atoms with E-state index in [1.807, 2.05) is 30.3 Å². The standard InChI is InChI=1S/C16H13N7O2/c1-24-12-7-3-2-6-11(12)23-14(17)13(20-22-23)16-19-15(21-25-16)10-5-4-8-18-9-10/h2-9H,17H2,1H3. The highest BCUT2D eigenvalue weighted by Crippen LogP contribution is 2.29. The van der Waals surface area contributed by atoms with Crippen LogP contribution in [-0.4, -0.2) is 37.2 Å². The van der Waals surface area contributed by atoms with Gasteiger partial charge in [-0.25, -0.2) is 0 Å². The first-order valence-corrected chi connectivity index (χ1v) is 7.37. The Hall–Kier alpha value is -3.75. The van der Waals surface area contributed by atoms with Crippen molar-refractivity contribution in [2.75, 3.05) is 12.8 Å². The van der Waals surface area contributed by atoms with Crippen LogP contribution in [0.2, 0.25) is 0 Å². The normalized spacial score (nSPS) is 10.8.